The van der Waals surface area contributed by atoms with E-state index in [9.17, 15) is 19.8 Å². The van der Waals surface area contributed by atoms with Gasteiger partial charge in [0, 0.05) is 18.1 Å². The van der Waals surface area contributed by atoms with Gasteiger partial charge in [0.2, 0.25) is 5.91 Å². The Balaban J connectivity index is 2.00. The summed E-state index contributed by atoms with van der Waals surface area (Å²) >= 11 is 1.61. The van der Waals surface area contributed by atoms with Crippen LogP contribution in [0.3, 0.4) is 0 Å². The van der Waals surface area contributed by atoms with Gasteiger partial charge in [0.15, 0.2) is 0 Å². The predicted octanol–water partition coefficient (Wildman–Crippen LogP) is 0.706. The Morgan fingerprint density at radius 1 is 1.57 bits per heavy atom. The van der Waals surface area contributed by atoms with Gasteiger partial charge >= 0.3 is 5.97 Å². The maximum atomic E-state index is 12.0. The summed E-state index contributed by atoms with van der Waals surface area (Å²) in [7, 11) is 0. The predicted molar refractivity (Wildman–Crippen MR) is 78.9 cm³/mol. The summed E-state index contributed by atoms with van der Waals surface area (Å²) in [6.45, 7) is 4.82. The van der Waals surface area contributed by atoms with Crippen LogP contribution in [-0.4, -0.2) is 63.9 Å². The van der Waals surface area contributed by atoms with Crippen molar-refractivity contribution in [2.45, 2.75) is 32.4 Å². The molecular formula is C14H21NO5S. The molecule has 0 radical (unpaired) electrons. The summed E-state index contributed by atoms with van der Waals surface area (Å²) in [5, 5.41) is 19.0. The smallest absolute Gasteiger partial charge is 0.352 e. The number of carbonyl (C=O) groups is 2. The standard InChI is InChI=1S/C14H21NO5S/c1-3-20-4-5-21-7-9-6-10-11(8(2)16)13(17)15(10)12(9)14(18)19/h8,10-11,16H,3-7H2,1-2H3,(H,18,19). The molecule has 21 heavy (non-hydrogen) atoms. The number of carboxylic acids is 1. The number of hydrogen-bond acceptors (Lipinski definition) is 5. The van der Waals surface area contributed by atoms with Gasteiger partial charge < -0.3 is 19.8 Å². The number of carbonyl (C=O) groups excluding carboxylic acids is 1. The van der Waals surface area contributed by atoms with Crippen LogP contribution in [0.25, 0.3) is 0 Å². The van der Waals surface area contributed by atoms with Gasteiger partial charge in [0.1, 0.15) is 5.70 Å². The van der Waals surface area contributed by atoms with Gasteiger partial charge in [-0.15, -0.1) is 0 Å². The molecule has 2 rings (SSSR count). The molecule has 0 aromatic rings. The van der Waals surface area contributed by atoms with E-state index in [-0.39, 0.29) is 17.6 Å². The lowest BCUT2D eigenvalue weighted by Gasteiger charge is -2.44. The van der Waals surface area contributed by atoms with Crippen LogP contribution < -0.4 is 0 Å². The van der Waals surface area contributed by atoms with Gasteiger partial charge in [-0.05, 0) is 25.8 Å². The van der Waals surface area contributed by atoms with Crippen molar-refractivity contribution in [2.24, 2.45) is 5.92 Å². The number of aliphatic hydroxyl groups is 1. The first-order chi connectivity index (χ1) is 9.99. The number of amides is 1. The summed E-state index contributed by atoms with van der Waals surface area (Å²) < 4.78 is 5.24. The van der Waals surface area contributed by atoms with Crippen molar-refractivity contribution in [3.63, 3.8) is 0 Å². The average Bonchev–Trinajstić information content (AvgIpc) is 2.72. The van der Waals surface area contributed by atoms with Crippen LogP contribution >= 0.6 is 11.8 Å². The van der Waals surface area contributed by atoms with E-state index < -0.39 is 18.0 Å². The van der Waals surface area contributed by atoms with E-state index in [1.54, 1.807) is 18.7 Å². The molecule has 3 atom stereocenters. The van der Waals surface area contributed by atoms with Crippen molar-refractivity contribution < 1.29 is 24.5 Å². The molecule has 0 spiro atoms. The molecular weight excluding hydrogens is 294 g/mol. The van der Waals surface area contributed by atoms with E-state index >= 15 is 0 Å². The van der Waals surface area contributed by atoms with Crippen molar-refractivity contribution in [3.05, 3.63) is 11.3 Å². The highest BCUT2D eigenvalue weighted by atomic mass is 32.2. The summed E-state index contributed by atoms with van der Waals surface area (Å²) in [5.41, 5.74) is 0.899. The van der Waals surface area contributed by atoms with E-state index in [0.717, 1.165) is 11.3 Å². The largest absolute Gasteiger partial charge is 0.477 e. The van der Waals surface area contributed by atoms with E-state index in [1.807, 2.05) is 6.92 Å². The Morgan fingerprint density at radius 3 is 2.86 bits per heavy atom. The molecule has 2 aliphatic rings. The maximum Gasteiger partial charge on any atom is 0.352 e. The second kappa shape index (κ2) is 6.81. The third kappa shape index (κ3) is 3.09. The molecule has 0 aromatic carbocycles. The Kier molecular flexibility index (Phi) is 5.29. The van der Waals surface area contributed by atoms with Crippen molar-refractivity contribution >= 4 is 23.6 Å². The molecule has 1 amide bonds. The lowest BCUT2D eigenvalue weighted by molar-refractivity contribution is -0.161. The molecule has 1 fully saturated rings. The SMILES string of the molecule is CCOCCSCC1=C(C(=O)O)N2C(=O)C(C(C)O)C2C1. The highest BCUT2D eigenvalue weighted by Crippen LogP contribution is 2.44. The van der Waals surface area contributed by atoms with Crippen molar-refractivity contribution in [3.8, 4) is 0 Å². The lowest BCUT2D eigenvalue weighted by atomic mass is 9.83. The number of carboxylic acid groups (broad SMARTS) is 1. The highest BCUT2D eigenvalue weighted by Gasteiger charge is 2.56. The summed E-state index contributed by atoms with van der Waals surface area (Å²) in [6, 6.07) is -0.189. The summed E-state index contributed by atoms with van der Waals surface area (Å²) in [5.74, 6) is -0.424. The molecule has 0 aromatic heterocycles. The molecule has 2 heterocycles. The molecule has 0 saturated carbocycles. The Bertz CT molecular complexity index is 462. The fraction of sp³-hybridized carbons (Fsp3) is 0.714. The van der Waals surface area contributed by atoms with E-state index in [0.29, 0.717) is 25.4 Å². The number of thioether (sulfide) groups is 1. The minimum absolute atomic E-state index is 0.116. The quantitative estimate of drug-likeness (QED) is 0.507. The molecule has 2 N–H and O–H groups in total. The average molecular weight is 315 g/mol. The van der Waals surface area contributed by atoms with E-state index in [1.165, 1.54) is 4.90 Å². The van der Waals surface area contributed by atoms with Crippen LogP contribution in [0.2, 0.25) is 0 Å². The monoisotopic (exact) mass is 315 g/mol. The fourth-order valence-corrected chi connectivity index (χ4v) is 3.83. The van der Waals surface area contributed by atoms with E-state index in [4.69, 9.17) is 4.74 Å². The van der Waals surface area contributed by atoms with Crippen molar-refractivity contribution in [2.75, 3.05) is 24.7 Å². The third-order valence-corrected chi connectivity index (χ3v) is 4.88. The first-order valence-electron chi connectivity index (χ1n) is 7.11. The van der Waals surface area contributed by atoms with E-state index in [2.05, 4.69) is 0 Å². The van der Waals surface area contributed by atoms with Gasteiger partial charge in [-0.3, -0.25) is 4.79 Å². The number of β-lactam (4-membered cyclic amide) rings is 1. The van der Waals surface area contributed by atoms with Crippen LogP contribution in [0.1, 0.15) is 20.3 Å². The zero-order valence-electron chi connectivity index (χ0n) is 12.2. The molecule has 118 valence electrons. The minimum Gasteiger partial charge on any atom is -0.477 e. The minimum atomic E-state index is -1.06. The number of fused-ring (bicyclic) bond motifs is 1. The number of rotatable bonds is 8. The molecule has 2 aliphatic heterocycles. The second-order valence-electron chi connectivity index (χ2n) is 5.25. The highest BCUT2D eigenvalue weighted by molar-refractivity contribution is 7.99. The summed E-state index contributed by atoms with van der Waals surface area (Å²) in [6.07, 6.45) is -0.191. The molecule has 7 heteroatoms. The molecule has 6 nitrogen and oxygen atoms in total. The van der Waals surface area contributed by atoms with Crippen LogP contribution in [0, 0.1) is 5.92 Å². The maximum absolute atomic E-state index is 12.0. The lowest BCUT2D eigenvalue weighted by Crippen LogP contribution is -2.61. The zero-order chi connectivity index (χ0) is 15.6. The molecule has 1 saturated heterocycles. The number of aliphatic hydroxyl groups excluding tert-OH is 1. The number of nitrogens with zero attached hydrogens (tertiary/aromatic N) is 1. The fourth-order valence-electron chi connectivity index (χ4n) is 2.95. The topological polar surface area (TPSA) is 87.1 Å². The number of aliphatic carboxylic acids is 1. The Hall–Kier alpha value is -1.05. The summed E-state index contributed by atoms with van der Waals surface area (Å²) in [4.78, 5) is 24.8. The van der Waals surface area contributed by atoms with Gasteiger partial charge in [-0.2, -0.15) is 11.8 Å². The van der Waals surface area contributed by atoms with Gasteiger partial charge in [0.25, 0.3) is 0 Å². The van der Waals surface area contributed by atoms with Gasteiger partial charge in [-0.25, -0.2) is 4.79 Å². The van der Waals surface area contributed by atoms with Gasteiger partial charge in [0.05, 0.1) is 24.7 Å². The van der Waals surface area contributed by atoms with Crippen LogP contribution in [0.5, 0.6) is 0 Å². The number of hydrogen-bond donors (Lipinski definition) is 2. The van der Waals surface area contributed by atoms with Crippen LogP contribution in [-0.2, 0) is 14.3 Å². The molecule has 0 bridgehead atoms. The van der Waals surface area contributed by atoms with Crippen molar-refractivity contribution in [1.82, 2.24) is 4.90 Å². The molecule has 3 unspecified atom stereocenters. The molecule has 0 aliphatic carbocycles. The van der Waals surface area contributed by atoms with Crippen LogP contribution in [0.4, 0.5) is 0 Å². The van der Waals surface area contributed by atoms with Crippen molar-refractivity contribution in [1.29, 1.82) is 0 Å². The number of ether oxygens (including phenoxy) is 1. The third-order valence-electron chi connectivity index (χ3n) is 3.87. The first-order valence-corrected chi connectivity index (χ1v) is 8.26. The van der Waals surface area contributed by atoms with Crippen LogP contribution in [0.15, 0.2) is 11.3 Å². The van der Waals surface area contributed by atoms with Gasteiger partial charge in [-0.1, -0.05) is 0 Å². The zero-order valence-corrected chi connectivity index (χ0v) is 13.1. The second-order valence-corrected chi connectivity index (χ2v) is 6.36. The Morgan fingerprint density at radius 2 is 2.29 bits per heavy atom. The Labute approximate surface area is 128 Å². The normalized spacial score (nSPS) is 25.9. The first kappa shape index (κ1) is 16.3.